The molecule has 164 valence electrons. The third-order valence-corrected chi connectivity index (χ3v) is 5.57. The van der Waals surface area contributed by atoms with Crippen LogP contribution in [0, 0.1) is 0 Å². The average molecular weight is 419 g/mol. The van der Waals surface area contributed by atoms with Crippen LogP contribution in [-0.2, 0) is 20.7 Å². The molecule has 30 heavy (non-hydrogen) atoms. The average Bonchev–Trinajstić information content (AvgIpc) is 3.05. The highest BCUT2D eigenvalue weighted by Gasteiger charge is 2.42. The number of rotatable bonds is 7. The predicted octanol–water partition coefficient (Wildman–Crippen LogP) is 1.15. The second-order valence-electron chi connectivity index (χ2n) is 7.26. The van der Waals surface area contributed by atoms with Gasteiger partial charge in [-0.05, 0) is 31.0 Å². The van der Waals surface area contributed by atoms with Gasteiger partial charge < -0.3 is 19.1 Å². The van der Waals surface area contributed by atoms with Crippen LogP contribution in [0.25, 0.3) is 0 Å². The largest absolute Gasteiger partial charge is 0.493 e. The second-order valence-corrected chi connectivity index (χ2v) is 7.26. The zero-order valence-corrected chi connectivity index (χ0v) is 17.8. The summed E-state index contributed by atoms with van der Waals surface area (Å²) < 4.78 is 15.6. The van der Waals surface area contributed by atoms with E-state index in [4.69, 9.17) is 14.2 Å². The van der Waals surface area contributed by atoms with Gasteiger partial charge in [-0.2, -0.15) is 0 Å². The normalized spacial score (nSPS) is 19.9. The number of nitrogens with zero attached hydrogens (tertiary/aromatic N) is 3. The number of hydrogen-bond acceptors (Lipinski definition) is 7. The lowest BCUT2D eigenvalue weighted by atomic mass is 10.1. The third kappa shape index (κ3) is 4.67. The highest BCUT2D eigenvalue weighted by Crippen LogP contribution is 2.28. The number of imide groups is 1. The first-order chi connectivity index (χ1) is 14.5. The summed E-state index contributed by atoms with van der Waals surface area (Å²) in [5.41, 5.74) is 0.958. The molecule has 9 heteroatoms. The SMILES string of the molecule is CCOC(=O)N1CCN(C2CC(=O)N(CCc3ccc(OC)c(OC)c3)C2=O)CC1. The van der Waals surface area contributed by atoms with Gasteiger partial charge in [0.1, 0.15) is 0 Å². The first kappa shape index (κ1) is 21.9. The molecule has 2 aliphatic heterocycles. The molecule has 0 bridgehead atoms. The van der Waals surface area contributed by atoms with E-state index in [1.165, 1.54) is 4.90 Å². The van der Waals surface area contributed by atoms with Crippen molar-refractivity contribution >= 4 is 17.9 Å². The van der Waals surface area contributed by atoms with Gasteiger partial charge in [-0.25, -0.2) is 4.79 Å². The van der Waals surface area contributed by atoms with Crippen molar-refractivity contribution in [3.05, 3.63) is 23.8 Å². The maximum absolute atomic E-state index is 12.9. The van der Waals surface area contributed by atoms with E-state index in [1.54, 1.807) is 26.0 Å². The van der Waals surface area contributed by atoms with Crippen LogP contribution in [0.4, 0.5) is 4.79 Å². The first-order valence-electron chi connectivity index (χ1n) is 10.2. The lowest BCUT2D eigenvalue weighted by Gasteiger charge is -2.36. The Labute approximate surface area is 176 Å². The summed E-state index contributed by atoms with van der Waals surface area (Å²) >= 11 is 0. The van der Waals surface area contributed by atoms with Crippen LogP contribution in [0.1, 0.15) is 18.9 Å². The summed E-state index contributed by atoms with van der Waals surface area (Å²) in [6, 6.07) is 5.12. The fourth-order valence-corrected chi connectivity index (χ4v) is 3.89. The van der Waals surface area contributed by atoms with Crippen molar-refractivity contribution in [3.63, 3.8) is 0 Å². The van der Waals surface area contributed by atoms with Gasteiger partial charge in [0.05, 0.1) is 33.3 Å². The van der Waals surface area contributed by atoms with E-state index in [0.29, 0.717) is 57.3 Å². The van der Waals surface area contributed by atoms with Gasteiger partial charge in [0.15, 0.2) is 11.5 Å². The molecule has 1 unspecified atom stereocenters. The number of carbonyl (C=O) groups excluding carboxylic acids is 3. The number of piperazine rings is 1. The lowest BCUT2D eigenvalue weighted by Crippen LogP contribution is -2.54. The van der Waals surface area contributed by atoms with Crippen LogP contribution in [0.5, 0.6) is 11.5 Å². The second kappa shape index (κ2) is 9.80. The first-order valence-corrected chi connectivity index (χ1v) is 10.2. The van der Waals surface area contributed by atoms with Crippen molar-refractivity contribution in [1.29, 1.82) is 0 Å². The molecule has 9 nitrogen and oxygen atoms in total. The Bertz CT molecular complexity index is 791. The number of amides is 3. The number of hydrogen-bond donors (Lipinski definition) is 0. The molecule has 2 aliphatic rings. The summed E-state index contributed by atoms with van der Waals surface area (Å²) in [4.78, 5) is 42.2. The molecule has 3 rings (SSSR count). The minimum absolute atomic E-state index is 0.154. The quantitative estimate of drug-likeness (QED) is 0.613. The molecular weight excluding hydrogens is 390 g/mol. The number of methoxy groups -OCH3 is 2. The van der Waals surface area contributed by atoms with E-state index in [0.717, 1.165) is 5.56 Å². The van der Waals surface area contributed by atoms with Gasteiger partial charge in [-0.1, -0.05) is 6.07 Å². The van der Waals surface area contributed by atoms with E-state index < -0.39 is 6.04 Å². The molecule has 1 aromatic carbocycles. The van der Waals surface area contributed by atoms with Gasteiger partial charge in [-0.15, -0.1) is 0 Å². The van der Waals surface area contributed by atoms with Gasteiger partial charge >= 0.3 is 6.09 Å². The standard InChI is InChI=1S/C21H29N3O6/c1-4-30-21(27)23-11-9-22(10-12-23)16-14-19(25)24(20(16)26)8-7-15-5-6-17(28-2)18(13-15)29-3/h5-6,13,16H,4,7-12,14H2,1-3H3. The number of carbonyl (C=O) groups is 3. The van der Waals surface area contributed by atoms with Crippen molar-refractivity contribution in [1.82, 2.24) is 14.7 Å². The summed E-state index contributed by atoms with van der Waals surface area (Å²) in [5, 5.41) is 0. The molecule has 0 aliphatic carbocycles. The number of ether oxygens (including phenoxy) is 3. The third-order valence-electron chi connectivity index (χ3n) is 5.57. The van der Waals surface area contributed by atoms with Crippen molar-refractivity contribution in [2.75, 3.05) is 53.6 Å². The fourth-order valence-electron chi connectivity index (χ4n) is 3.89. The van der Waals surface area contributed by atoms with Crippen molar-refractivity contribution < 1.29 is 28.6 Å². The molecule has 0 saturated carbocycles. The van der Waals surface area contributed by atoms with E-state index in [1.807, 2.05) is 23.1 Å². The topological polar surface area (TPSA) is 88.6 Å². The molecule has 0 radical (unpaired) electrons. The lowest BCUT2D eigenvalue weighted by molar-refractivity contribution is -0.139. The summed E-state index contributed by atoms with van der Waals surface area (Å²) in [7, 11) is 3.15. The van der Waals surface area contributed by atoms with Crippen LogP contribution < -0.4 is 9.47 Å². The summed E-state index contributed by atoms with van der Waals surface area (Å²) in [6.45, 7) is 4.51. The van der Waals surface area contributed by atoms with Crippen LogP contribution in [-0.4, -0.2) is 92.2 Å². The predicted molar refractivity (Wildman–Crippen MR) is 109 cm³/mol. The zero-order chi connectivity index (χ0) is 21.7. The maximum Gasteiger partial charge on any atom is 0.409 e. The van der Waals surface area contributed by atoms with Gasteiger partial charge in [0, 0.05) is 32.7 Å². The van der Waals surface area contributed by atoms with Crippen molar-refractivity contribution in [3.8, 4) is 11.5 Å². The summed E-state index contributed by atoms with van der Waals surface area (Å²) in [5.74, 6) is 0.936. The summed E-state index contributed by atoms with van der Waals surface area (Å²) in [6.07, 6.45) is 0.397. The van der Waals surface area contributed by atoms with Crippen LogP contribution in [0.2, 0.25) is 0 Å². The molecular formula is C21H29N3O6. The molecule has 3 amide bonds. The maximum atomic E-state index is 12.9. The molecule has 0 aromatic heterocycles. The smallest absolute Gasteiger partial charge is 0.409 e. The zero-order valence-electron chi connectivity index (χ0n) is 17.8. The molecule has 0 N–H and O–H groups in total. The van der Waals surface area contributed by atoms with Crippen molar-refractivity contribution in [2.24, 2.45) is 0 Å². The van der Waals surface area contributed by atoms with Gasteiger partial charge in [0.2, 0.25) is 11.8 Å². The minimum atomic E-state index is -0.452. The molecule has 1 atom stereocenters. The Morgan fingerprint density at radius 1 is 1.07 bits per heavy atom. The molecule has 2 saturated heterocycles. The molecule has 2 fully saturated rings. The van der Waals surface area contributed by atoms with Crippen LogP contribution in [0.15, 0.2) is 18.2 Å². The fraction of sp³-hybridized carbons (Fsp3) is 0.571. The Kier molecular flexibility index (Phi) is 7.15. The Morgan fingerprint density at radius 3 is 2.40 bits per heavy atom. The Morgan fingerprint density at radius 2 is 1.77 bits per heavy atom. The van der Waals surface area contributed by atoms with E-state index in [-0.39, 0.29) is 24.3 Å². The number of likely N-dealkylation sites (tertiary alicyclic amines) is 1. The van der Waals surface area contributed by atoms with Gasteiger partial charge in [-0.3, -0.25) is 19.4 Å². The Hall–Kier alpha value is -2.81. The number of benzene rings is 1. The van der Waals surface area contributed by atoms with E-state index in [2.05, 4.69) is 0 Å². The van der Waals surface area contributed by atoms with E-state index in [9.17, 15) is 14.4 Å². The highest BCUT2D eigenvalue weighted by atomic mass is 16.6. The molecule has 0 spiro atoms. The van der Waals surface area contributed by atoms with Crippen molar-refractivity contribution in [2.45, 2.75) is 25.8 Å². The Balaban J connectivity index is 1.56. The van der Waals surface area contributed by atoms with Crippen LogP contribution >= 0.6 is 0 Å². The molecule has 2 heterocycles. The highest BCUT2D eigenvalue weighted by molar-refractivity contribution is 6.05. The van der Waals surface area contributed by atoms with E-state index >= 15 is 0 Å². The van der Waals surface area contributed by atoms with Crippen LogP contribution in [0.3, 0.4) is 0 Å². The minimum Gasteiger partial charge on any atom is -0.493 e. The monoisotopic (exact) mass is 419 g/mol. The molecule has 1 aromatic rings. The van der Waals surface area contributed by atoms with Gasteiger partial charge in [0.25, 0.3) is 0 Å².